The lowest BCUT2D eigenvalue weighted by Gasteiger charge is -2.50. The number of pyridine rings is 1. The number of aromatic nitrogens is 1. The van der Waals surface area contributed by atoms with Gasteiger partial charge in [-0.3, -0.25) is 14.6 Å². The average Bonchev–Trinajstić information content (AvgIpc) is 3.00. The number of Topliss-reactive ketones (excluding diaryl/α,β-unsaturated/α-hetero) is 2. The zero-order chi connectivity index (χ0) is 25.3. The molecule has 186 valence electrons. The zero-order valence-electron chi connectivity index (χ0n) is 21.3. The third-order valence-electron chi connectivity index (χ3n) is 8.83. The Bertz CT molecular complexity index is 1280. The van der Waals surface area contributed by atoms with Crippen molar-refractivity contribution in [3.05, 3.63) is 100 Å². The van der Waals surface area contributed by atoms with E-state index in [1.165, 1.54) is 5.56 Å². The summed E-state index contributed by atoms with van der Waals surface area (Å²) in [5, 5.41) is 11.2. The molecule has 36 heavy (non-hydrogen) atoms. The van der Waals surface area contributed by atoms with E-state index in [1.807, 2.05) is 43.3 Å². The first-order chi connectivity index (χ1) is 17.3. The van der Waals surface area contributed by atoms with Gasteiger partial charge in [0.25, 0.3) is 0 Å². The Kier molecular flexibility index (Phi) is 6.65. The lowest BCUT2D eigenvalue weighted by atomic mass is 9.55. The number of carbonyl (C=O) groups is 2. The van der Waals surface area contributed by atoms with Gasteiger partial charge >= 0.3 is 0 Å². The summed E-state index contributed by atoms with van der Waals surface area (Å²) in [6.07, 6.45) is 7.05. The maximum Gasteiger partial charge on any atom is 0.167 e. The summed E-state index contributed by atoms with van der Waals surface area (Å²) >= 11 is 0. The standard InChI is InChI=1S/C32H35NO3/c1-3-31(36)15-16-32(20-23-8-5-4-6-9-23)26(21-31)12-14-29(34)27-18-25(11-13-28(27)32)30(35)19-24-10-7-17-33-22(24)2/h4-11,13,17-18,26,36H,3,12,14-16,19-21H2,1-2H3/t26-,31+,32-/m0/s1. The molecule has 1 fully saturated rings. The van der Waals surface area contributed by atoms with E-state index in [9.17, 15) is 14.7 Å². The highest BCUT2D eigenvalue weighted by molar-refractivity contribution is 6.03. The number of hydrogen-bond donors (Lipinski definition) is 1. The van der Waals surface area contributed by atoms with Gasteiger partial charge in [0.05, 0.1) is 5.60 Å². The predicted octanol–water partition coefficient (Wildman–Crippen LogP) is 6.21. The molecule has 0 spiro atoms. The molecule has 2 aliphatic rings. The van der Waals surface area contributed by atoms with E-state index in [0.717, 1.165) is 48.9 Å². The molecule has 3 aromatic rings. The van der Waals surface area contributed by atoms with Crippen molar-refractivity contribution in [2.75, 3.05) is 0 Å². The van der Waals surface area contributed by atoms with Crippen molar-refractivity contribution >= 4 is 11.6 Å². The van der Waals surface area contributed by atoms with E-state index in [-0.39, 0.29) is 29.3 Å². The minimum atomic E-state index is -0.671. The van der Waals surface area contributed by atoms with Crippen LogP contribution in [0.4, 0.5) is 0 Å². The summed E-state index contributed by atoms with van der Waals surface area (Å²) in [6, 6.07) is 20.1. The fourth-order valence-corrected chi connectivity index (χ4v) is 6.56. The van der Waals surface area contributed by atoms with Crippen LogP contribution in [0.2, 0.25) is 0 Å². The van der Waals surface area contributed by atoms with Gasteiger partial charge in [-0.15, -0.1) is 0 Å². The fraction of sp³-hybridized carbons (Fsp3) is 0.406. The molecule has 0 amide bonds. The highest BCUT2D eigenvalue weighted by atomic mass is 16.3. The van der Waals surface area contributed by atoms with Crippen LogP contribution in [0.15, 0.2) is 66.9 Å². The Balaban J connectivity index is 1.57. The maximum atomic E-state index is 13.5. The summed E-state index contributed by atoms with van der Waals surface area (Å²) < 4.78 is 0. The van der Waals surface area contributed by atoms with Gasteiger partial charge in [-0.25, -0.2) is 0 Å². The van der Waals surface area contributed by atoms with E-state index in [1.54, 1.807) is 6.20 Å². The molecule has 1 heterocycles. The summed E-state index contributed by atoms with van der Waals surface area (Å²) in [5.74, 6) is 0.323. The van der Waals surface area contributed by atoms with Crippen molar-refractivity contribution in [1.29, 1.82) is 0 Å². The second-order valence-corrected chi connectivity index (χ2v) is 10.9. The van der Waals surface area contributed by atoms with Crippen molar-refractivity contribution in [3.8, 4) is 0 Å². The summed E-state index contributed by atoms with van der Waals surface area (Å²) in [5.41, 5.74) is 4.45. The molecule has 0 bridgehead atoms. The molecule has 5 rings (SSSR count). The van der Waals surface area contributed by atoms with Gasteiger partial charge in [-0.1, -0.05) is 55.5 Å². The Morgan fingerprint density at radius 1 is 1.08 bits per heavy atom. The van der Waals surface area contributed by atoms with Crippen LogP contribution in [0, 0.1) is 12.8 Å². The molecule has 4 nitrogen and oxygen atoms in total. The molecule has 2 aromatic carbocycles. The monoisotopic (exact) mass is 481 g/mol. The van der Waals surface area contributed by atoms with Gasteiger partial charge in [-0.05, 0) is 80.2 Å². The third kappa shape index (κ3) is 4.55. The van der Waals surface area contributed by atoms with Crippen molar-refractivity contribution in [2.45, 2.75) is 76.2 Å². The van der Waals surface area contributed by atoms with Crippen LogP contribution in [0.1, 0.15) is 88.5 Å². The highest BCUT2D eigenvalue weighted by Gasteiger charge is 2.51. The minimum Gasteiger partial charge on any atom is -0.390 e. The zero-order valence-corrected chi connectivity index (χ0v) is 21.3. The van der Waals surface area contributed by atoms with E-state index >= 15 is 0 Å². The lowest BCUT2D eigenvalue weighted by Crippen LogP contribution is -2.48. The summed E-state index contributed by atoms with van der Waals surface area (Å²) in [7, 11) is 0. The molecule has 1 aromatic heterocycles. The Morgan fingerprint density at radius 2 is 1.89 bits per heavy atom. The number of carbonyl (C=O) groups excluding carboxylic acids is 2. The summed E-state index contributed by atoms with van der Waals surface area (Å²) in [4.78, 5) is 31.0. The number of aliphatic hydroxyl groups is 1. The van der Waals surface area contributed by atoms with Crippen molar-refractivity contribution in [3.63, 3.8) is 0 Å². The summed E-state index contributed by atoms with van der Waals surface area (Å²) in [6.45, 7) is 3.97. The number of benzene rings is 2. The van der Waals surface area contributed by atoms with Crippen molar-refractivity contribution in [1.82, 2.24) is 4.98 Å². The molecular formula is C32H35NO3. The number of hydrogen-bond acceptors (Lipinski definition) is 4. The minimum absolute atomic E-state index is 0.00334. The second kappa shape index (κ2) is 9.74. The predicted molar refractivity (Wildman–Crippen MR) is 141 cm³/mol. The van der Waals surface area contributed by atoms with Gasteiger partial charge in [0.1, 0.15) is 0 Å². The first-order valence-corrected chi connectivity index (χ1v) is 13.2. The molecule has 4 heteroatoms. The highest BCUT2D eigenvalue weighted by Crippen LogP contribution is 2.54. The largest absolute Gasteiger partial charge is 0.390 e. The molecule has 0 radical (unpaired) electrons. The van der Waals surface area contributed by atoms with Gasteiger partial charge in [-0.2, -0.15) is 0 Å². The lowest BCUT2D eigenvalue weighted by molar-refractivity contribution is -0.0496. The molecular weight excluding hydrogens is 446 g/mol. The second-order valence-electron chi connectivity index (χ2n) is 10.9. The fourth-order valence-electron chi connectivity index (χ4n) is 6.56. The number of aryl methyl sites for hydroxylation is 1. The van der Waals surface area contributed by atoms with Crippen LogP contribution in [0.25, 0.3) is 0 Å². The van der Waals surface area contributed by atoms with E-state index < -0.39 is 5.60 Å². The molecule has 0 saturated heterocycles. The van der Waals surface area contributed by atoms with Crippen LogP contribution in [-0.4, -0.2) is 27.3 Å². The van der Waals surface area contributed by atoms with E-state index in [2.05, 4.69) is 36.2 Å². The first kappa shape index (κ1) is 24.6. The Labute approximate surface area is 213 Å². The normalized spacial score (nSPS) is 25.5. The number of nitrogens with zero attached hydrogens (tertiary/aromatic N) is 1. The van der Waals surface area contributed by atoms with Crippen molar-refractivity contribution in [2.24, 2.45) is 5.92 Å². The average molecular weight is 482 g/mol. The van der Waals surface area contributed by atoms with Crippen molar-refractivity contribution < 1.29 is 14.7 Å². The quantitative estimate of drug-likeness (QED) is 0.425. The Morgan fingerprint density at radius 3 is 2.64 bits per heavy atom. The SMILES string of the molecule is CC[C@@]1(O)CC[C@@]2(Cc3ccccc3)c3ccc(C(=O)Cc4cccnc4C)cc3C(=O)CC[C@H]2C1. The molecule has 1 N–H and O–H groups in total. The van der Waals surface area contributed by atoms with Crippen LogP contribution in [0.5, 0.6) is 0 Å². The molecule has 0 aliphatic heterocycles. The van der Waals surface area contributed by atoms with Gasteiger partial charge < -0.3 is 5.11 Å². The number of fused-ring (bicyclic) bond motifs is 3. The van der Waals surface area contributed by atoms with Crippen LogP contribution in [-0.2, 0) is 18.3 Å². The van der Waals surface area contributed by atoms with E-state index in [0.29, 0.717) is 24.0 Å². The van der Waals surface area contributed by atoms with Crippen LogP contribution >= 0.6 is 0 Å². The molecule has 3 atom stereocenters. The topological polar surface area (TPSA) is 67.3 Å². The maximum absolute atomic E-state index is 13.5. The smallest absolute Gasteiger partial charge is 0.167 e. The van der Waals surface area contributed by atoms with Crippen LogP contribution < -0.4 is 0 Å². The number of ketones is 2. The van der Waals surface area contributed by atoms with Gasteiger partial charge in [0, 0.05) is 41.3 Å². The van der Waals surface area contributed by atoms with E-state index in [4.69, 9.17) is 0 Å². The van der Waals surface area contributed by atoms with Gasteiger partial charge in [0.2, 0.25) is 0 Å². The number of rotatable bonds is 6. The van der Waals surface area contributed by atoms with Gasteiger partial charge in [0.15, 0.2) is 11.6 Å². The molecule has 1 saturated carbocycles. The van der Waals surface area contributed by atoms with Crippen LogP contribution in [0.3, 0.4) is 0 Å². The Hall–Kier alpha value is -3.11. The molecule has 2 aliphatic carbocycles. The third-order valence-corrected chi connectivity index (χ3v) is 8.83. The molecule has 0 unspecified atom stereocenters. The first-order valence-electron chi connectivity index (χ1n) is 13.2.